The molecule has 0 bridgehead atoms. The van der Waals surface area contributed by atoms with Crippen molar-refractivity contribution in [2.75, 3.05) is 13.2 Å². The number of hydrogen-bond acceptors (Lipinski definition) is 4. The molecule has 1 amide bonds. The number of para-hydroxylation sites is 2. The van der Waals surface area contributed by atoms with Gasteiger partial charge in [-0.05, 0) is 35.4 Å². The number of alkyl halides is 3. The van der Waals surface area contributed by atoms with E-state index in [0.29, 0.717) is 11.3 Å². The second-order valence-electron chi connectivity index (χ2n) is 8.47. The number of ether oxygens (including phenoxy) is 1. The minimum Gasteiger partial charge on any atom is -0.492 e. The highest BCUT2D eigenvalue weighted by Crippen LogP contribution is 2.36. The summed E-state index contributed by atoms with van der Waals surface area (Å²) in [7, 11) is 0. The van der Waals surface area contributed by atoms with Gasteiger partial charge in [-0.25, -0.2) is 4.98 Å². The zero-order valence-corrected chi connectivity index (χ0v) is 19.4. The average Bonchev–Trinajstić information content (AvgIpc) is 3.24. The molecule has 2 atom stereocenters. The highest BCUT2D eigenvalue weighted by atomic mass is 19.4. The number of benzene rings is 3. The quantitative estimate of drug-likeness (QED) is 0.327. The monoisotopic (exact) mass is 497 g/mol. The normalized spacial score (nSPS) is 13.4. The number of halogens is 3. The lowest BCUT2D eigenvalue weighted by atomic mass is 9.79. The summed E-state index contributed by atoms with van der Waals surface area (Å²) in [6, 6.07) is 22.8. The van der Waals surface area contributed by atoms with Crippen LogP contribution < -0.4 is 10.5 Å². The number of imidazole rings is 1. The molecule has 0 aliphatic heterocycles. The number of primary amides is 1. The fourth-order valence-corrected chi connectivity index (χ4v) is 4.46. The van der Waals surface area contributed by atoms with Gasteiger partial charge in [0.25, 0.3) is 0 Å². The molecule has 0 radical (unpaired) electrons. The summed E-state index contributed by atoms with van der Waals surface area (Å²) in [5.41, 5.74) is 7.83. The number of nitrogens with zero attached hydrogens (tertiary/aromatic N) is 2. The summed E-state index contributed by atoms with van der Waals surface area (Å²) in [6.07, 6.45) is -4.54. The predicted octanol–water partition coefficient (Wildman–Crippen LogP) is 4.87. The molecule has 36 heavy (non-hydrogen) atoms. The molecule has 3 aromatic carbocycles. The first-order chi connectivity index (χ1) is 17.3. The van der Waals surface area contributed by atoms with Crippen LogP contribution in [0.1, 0.15) is 35.2 Å². The van der Waals surface area contributed by atoms with E-state index in [1.165, 1.54) is 6.07 Å². The van der Waals surface area contributed by atoms with Gasteiger partial charge in [-0.2, -0.15) is 13.2 Å². The topological polar surface area (TPSA) is 90.4 Å². The molecule has 0 saturated carbocycles. The van der Waals surface area contributed by atoms with Crippen LogP contribution in [0.3, 0.4) is 0 Å². The van der Waals surface area contributed by atoms with E-state index in [4.69, 9.17) is 10.5 Å². The van der Waals surface area contributed by atoms with Crippen molar-refractivity contribution in [2.45, 2.75) is 31.0 Å². The highest BCUT2D eigenvalue weighted by Gasteiger charge is 2.37. The molecule has 4 rings (SSSR count). The van der Waals surface area contributed by atoms with E-state index in [9.17, 15) is 23.1 Å². The van der Waals surface area contributed by atoms with E-state index in [-0.39, 0.29) is 43.5 Å². The largest absolute Gasteiger partial charge is 0.492 e. The van der Waals surface area contributed by atoms with Crippen LogP contribution >= 0.6 is 0 Å². The van der Waals surface area contributed by atoms with Crippen molar-refractivity contribution in [1.29, 1.82) is 0 Å². The van der Waals surface area contributed by atoms with Gasteiger partial charge in [0.05, 0.1) is 24.2 Å². The Balaban J connectivity index is 1.49. The lowest BCUT2D eigenvalue weighted by Gasteiger charge is -2.26. The predicted molar refractivity (Wildman–Crippen MR) is 129 cm³/mol. The second kappa shape index (κ2) is 10.8. The molecular formula is C27H26F3N3O3. The summed E-state index contributed by atoms with van der Waals surface area (Å²) >= 11 is 0. The number of rotatable bonds is 10. The molecule has 4 aromatic rings. The van der Waals surface area contributed by atoms with Gasteiger partial charge >= 0.3 is 6.18 Å². The van der Waals surface area contributed by atoms with Crippen molar-refractivity contribution in [3.8, 4) is 5.75 Å². The van der Waals surface area contributed by atoms with Gasteiger partial charge in [0.1, 0.15) is 12.4 Å². The van der Waals surface area contributed by atoms with Gasteiger partial charge in [0.15, 0.2) is 0 Å². The summed E-state index contributed by atoms with van der Waals surface area (Å²) in [5.74, 6) is -1.66. The van der Waals surface area contributed by atoms with Crippen molar-refractivity contribution in [3.05, 3.63) is 95.8 Å². The molecule has 188 valence electrons. The second-order valence-corrected chi connectivity index (χ2v) is 8.47. The van der Waals surface area contributed by atoms with Crippen LogP contribution in [0.25, 0.3) is 11.0 Å². The summed E-state index contributed by atoms with van der Waals surface area (Å²) in [5, 5.41) is 10.1. The van der Waals surface area contributed by atoms with Crippen molar-refractivity contribution >= 4 is 16.9 Å². The minimum atomic E-state index is -4.59. The van der Waals surface area contributed by atoms with E-state index in [0.717, 1.165) is 15.7 Å². The van der Waals surface area contributed by atoms with Crippen LogP contribution in [0.4, 0.5) is 13.2 Å². The lowest BCUT2D eigenvalue weighted by Crippen LogP contribution is -2.22. The number of aromatic nitrogens is 2. The third-order valence-electron chi connectivity index (χ3n) is 6.13. The van der Waals surface area contributed by atoms with Crippen molar-refractivity contribution in [3.63, 3.8) is 0 Å². The number of hydrogen-bond donors (Lipinski definition) is 2. The van der Waals surface area contributed by atoms with E-state index in [2.05, 4.69) is 4.98 Å². The minimum absolute atomic E-state index is 0.00320. The number of aliphatic hydroxyl groups excluding tert-OH is 1. The fraction of sp³-hybridized carbons (Fsp3) is 0.259. The molecule has 6 nitrogen and oxygen atoms in total. The Kier molecular flexibility index (Phi) is 7.59. The SMILES string of the molecule is NC(=O)CC(c1ccc(OCCn2c(C(F)(F)F)nc3ccccc32)cc1)C(CO)c1ccccc1. The first-order valence-electron chi connectivity index (χ1n) is 11.5. The third-order valence-corrected chi connectivity index (χ3v) is 6.13. The smallest absolute Gasteiger partial charge is 0.449 e. The molecule has 0 aliphatic carbocycles. The van der Waals surface area contributed by atoms with Gasteiger partial charge in [-0.1, -0.05) is 54.6 Å². The number of amides is 1. The number of fused-ring (bicyclic) bond motifs is 1. The van der Waals surface area contributed by atoms with E-state index in [1.807, 2.05) is 30.3 Å². The molecule has 1 heterocycles. The molecule has 0 saturated heterocycles. The first kappa shape index (κ1) is 25.2. The molecular weight excluding hydrogens is 471 g/mol. The fourth-order valence-electron chi connectivity index (χ4n) is 4.46. The van der Waals surface area contributed by atoms with Crippen LogP contribution in [-0.4, -0.2) is 33.8 Å². The highest BCUT2D eigenvalue weighted by molar-refractivity contribution is 5.76. The summed E-state index contributed by atoms with van der Waals surface area (Å²) in [6.45, 7) is -0.209. The summed E-state index contributed by atoms with van der Waals surface area (Å²) in [4.78, 5) is 15.5. The Morgan fingerprint density at radius 3 is 2.22 bits per heavy atom. The van der Waals surface area contributed by atoms with Gasteiger partial charge in [0, 0.05) is 18.3 Å². The Labute approximate surface area is 206 Å². The first-order valence-corrected chi connectivity index (χ1v) is 11.5. The van der Waals surface area contributed by atoms with Gasteiger partial charge in [-0.3, -0.25) is 4.79 Å². The van der Waals surface area contributed by atoms with Crippen LogP contribution in [0.15, 0.2) is 78.9 Å². The Morgan fingerprint density at radius 2 is 1.58 bits per heavy atom. The zero-order valence-electron chi connectivity index (χ0n) is 19.4. The Bertz CT molecular complexity index is 1300. The van der Waals surface area contributed by atoms with E-state index >= 15 is 0 Å². The van der Waals surface area contributed by atoms with Gasteiger partial charge < -0.3 is 20.1 Å². The van der Waals surface area contributed by atoms with E-state index in [1.54, 1.807) is 42.5 Å². The molecule has 3 N–H and O–H groups in total. The van der Waals surface area contributed by atoms with Crippen molar-refractivity contribution in [2.24, 2.45) is 5.73 Å². The summed E-state index contributed by atoms with van der Waals surface area (Å²) < 4.78 is 47.3. The Hall–Kier alpha value is -3.85. The van der Waals surface area contributed by atoms with Crippen LogP contribution in [0, 0.1) is 0 Å². The molecule has 1 aromatic heterocycles. The van der Waals surface area contributed by atoms with Gasteiger partial charge in [0.2, 0.25) is 11.7 Å². The molecule has 0 spiro atoms. The molecule has 9 heteroatoms. The maximum atomic E-state index is 13.5. The van der Waals surface area contributed by atoms with Gasteiger partial charge in [-0.15, -0.1) is 0 Å². The average molecular weight is 498 g/mol. The van der Waals surface area contributed by atoms with Crippen LogP contribution in [-0.2, 0) is 17.5 Å². The van der Waals surface area contributed by atoms with Crippen molar-refractivity contribution in [1.82, 2.24) is 9.55 Å². The standard InChI is InChI=1S/C27H26F3N3O3/c28-27(29,30)26-32-23-8-4-5-9-24(23)33(26)14-15-36-20-12-10-19(11-13-20)21(16-25(31)35)22(17-34)18-6-2-1-3-7-18/h1-13,21-22,34H,14-17H2,(H2,31,35). The lowest BCUT2D eigenvalue weighted by molar-refractivity contribution is -0.147. The van der Waals surface area contributed by atoms with E-state index < -0.39 is 17.9 Å². The zero-order chi connectivity index (χ0) is 25.7. The number of carbonyl (C=O) groups excluding carboxylic acids is 1. The maximum absolute atomic E-state index is 13.5. The van der Waals surface area contributed by atoms with Crippen LogP contribution in [0.5, 0.6) is 5.75 Å². The van der Waals surface area contributed by atoms with Crippen LogP contribution in [0.2, 0.25) is 0 Å². The Morgan fingerprint density at radius 1 is 0.944 bits per heavy atom. The molecule has 0 aliphatic rings. The molecule has 2 unspecified atom stereocenters. The third kappa shape index (κ3) is 5.68. The molecule has 0 fully saturated rings. The number of aliphatic hydroxyl groups is 1. The maximum Gasteiger partial charge on any atom is 0.449 e. The number of nitrogens with two attached hydrogens (primary N) is 1. The number of carbonyl (C=O) groups is 1. The van der Waals surface area contributed by atoms with Crippen molar-refractivity contribution < 1.29 is 27.8 Å².